The second kappa shape index (κ2) is 14.3. The van der Waals surface area contributed by atoms with Crippen molar-refractivity contribution in [1.82, 2.24) is 14.5 Å². The second-order valence-electron chi connectivity index (χ2n) is 9.97. The minimum Gasteiger partial charge on any atom is -0.370 e. The summed E-state index contributed by atoms with van der Waals surface area (Å²) in [6, 6.07) is 13.0. The minimum atomic E-state index is -3.88. The van der Waals surface area contributed by atoms with Crippen molar-refractivity contribution in [2.75, 3.05) is 47.4 Å². The van der Waals surface area contributed by atoms with Gasteiger partial charge in [-0.15, -0.1) is 0 Å². The number of likely N-dealkylation sites (N-methyl/N-ethyl adjacent to an activating group) is 1. The summed E-state index contributed by atoms with van der Waals surface area (Å²) in [5.41, 5.74) is 1.28. The fraction of sp³-hybridized carbons (Fsp3) is 0.519. The molecule has 1 N–H and O–H groups in total. The number of ether oxygens (including phenoxy) is 1. The lowest BCUT2D eigenvalue weighted by molar-refractivity contribution is -0.126. The SMILES string of the molecule is CN(C)C(c1ccc(Cl)cc1)C1CCC(CNC(=O)COCCN(C)S(=O)(=O)c2c(Cl)cccc2Cl)CC1. The summed E-state index contributed by atoms with van der Waals surface area (Å²) in [6.07, 6.45) is 4.30. The van der Waals surface area contributed by atoms with Gasteiger partial charge >= 0.3 is 0 Å². The second-order valence-corrected chi connectivity index (χ2v) is 13.2. The van der Waals surface area contributed by atoms with Crippen LogP contribution in [0.5, 0.6) is 0 Å². The molecule has 1 atom stereocenters. The maximum Gasteiger partial charge on any atom is 0.246 e. The number of rotatable bonds is 12. The summed E-state index contributed by atoms with van der Waals surface area (Å²) in [4.78, 5) is 14.4. The number of sulfonamides is 1. The summed E-state index contributed by atoms with van der Waals surface area (Å²) in [5, 5.41) is 3.82. The number of nitrogens with one attached hydrogen (secondary N) is 1. The third-order valence-electron chi connectivity index (χ3n) is 7.06. The first-order valence-corrected chi connectivity index (χ1v) is 15.2. The fourth-order valence-electron chi connectivity index (χ4n) is 5.03. The van der Waals surface area contributed by atoms with Crippen LogP contribution in [0.25, 0.3) is 0 Å². The van der Waals surface area contributed by atoms with Gasteiger partial charge in [0.2, 0.25) is 15.9 Å². The molecule has 1 aliphatic rings. The van der Waals surface area contributed by atoms with Crippen molar-refractivity contribution >= 4 is 50.7 Å². The quantitative estimate of drug-likeness (QED) is 0.323. The molecular formula is C27H36Cl3N3O4S. The third-order valence-corrected chi connectivity index (χ3v) is 10.1. The van der Waals surface area contributed by atoms with Crippen LogP contribution in [-0.2, 0) is 19.6 Å². The molecule has 1 unspecified atom stereocenters. The molecule has 0 heterocycles. The van der Waals surface area contributed by atoms with Gasteiger partial charge in [-0.05, 0) is 81.4 Å². The van der Waals surface area contributed by atoms with E-state index in [0.29, 0.717) is 24.4 Å². The van der Waals surface area contributed by atoms with Crippen molar-refractivity contribution in [3.8, 4) is 0 Å². The maximum absolute atomic E-state index is 12.8. The molecule has 0 aliphatic heterocycles. The Kier molecular flexibility index (Phi) is 11.7. The number of hydrogen-bond acceptors (Lipinski definition) is 5. The largest absolute Gasteiger partial charge is 0.370 e. The zero-order valence-electron chi connectivity index (χ0n) is 22.0. The zero-order chi connectivity index (χ0) is 27.9. The molecule has 1 fully saturated rings. The highest BCUT2D eigenvalue weighted by molar-refractivity contribution is 7.89. The average molecular weight is 605 g/mol. The first kappa shape index (κ1) is 31.1. The van der Waals surface area contributed by atoms with Gasteiger partial charge in [-0.25, -0.2) is 8.42 Å². The van der Waals surface area contributed by atoms with E-state index < -0.39 is 10.0 Å². The predicted molar refractivity (Wildman–Crippen MR) is 153 cm³/mol. The van der Waals surface area contributed by atoms with Crippen molar-refractivity contribution < 1.29 is 17.9 Å². The van der Waals surface area contributed by atoms with E-state index >= 15 is 0 Å². The molecule has 0 aromatic heterocycles. The molecule has 0 spiro atoms. The summed E-state index contributed by atoms with van der Waals surface area (Å²) < 4.78 is 32.1. The maximum atomic E-state index is 12.8. The van der Waals surface area contributed by atoms with Crippen molar-refractivity contribution in [3.05, 3.63) is 63.1 Å². The highest BCUT2D eigenvalue weighted by Crippen LogP contribution is 2.39. The first-order chi connectivity index (χ1) is 18.0. The lowest BCUT2D eigenvalue weighted by atomic mass is 9.76. The fourth-order valence-corrected chi connectivity index (χ4v) is 7.40. The summed E-state index contributed by atoms with van der Waals surface area (Å²) in [7, 11) is 1.77. The van der Waals surface area contributed by atoms with Crippen LogP contribution in [0.1, 0.15) is 37.3 Å². The Morgan fingerprint density at radius 3 is 2.18 bits per heavy atom. The van der Waals surface area contributed by atoms with Crippen LogP contribution in [0.15, 0.2) is 47.4 Å². The van der Waals surface area contributed by atoms with Gasteiger partial charge in [0.05, 0.1) is 16.7 Å². The van der Waals surface area contributed by atoms with E-state index in [4.69, 9.17) is 39.5 Å². The first-order valence-electron chi connectivity index (χ1n) is 12.7. The van der Waals surface area contributed by atoms with Gasteiger partial charge in [0.1, 0.15) is 11.5 Å². The normalized spacial score (nSPS) is 19.1. The molecule has 1 saturated carbocycles. The van der Waals surface area contributed by atoms with Gasteiger partial charge in [0, 0.05) is 31.2 Å². The number of halogens is 3. The molecule has 2 aromatic carbocycles. The standard InChI is InChI=1S/C27H36Cl3N3O4S/c1-32(2)26(21-11-13-22(28)14-12-21)20-9-7-19(8-10-20)17-31-25(34)18-37-16-15-33(3)38(35,36)27-23(29)5-4-6-24(27)30/h4-6,11-14,19-20,26H,7-10,15-18H2,1-3H3,(H,31,34). The smallest absolute Gasteiger partial charge is 0.246 e. The van der Waals surface area contributed by atoms with E-state index in [1.807, 2.05) is 12.1 Å². The Morgan fingerprint density at radius 2 is 1.61 bits per heavy atom. The van der Waals surface area contributed by atoms with Crippen LogP contribution in [0, 0.1) is 11.8 Å². The number of nitrogens with zero attached hydrogens (tertiary/aromatic N) is 2. The molecule has 0 bridgehead atoms. The van der Waals surface area contributed by atoms with Gasteiger partial charge in [-0.3, -0.25) is 4.79 Å². The summed E-state index contributed by atoms with van der Waals surface area (Å²) in [5.74, 6) is 0.773. The highest BCUT2D eigenvalue weighted by Gasteiger charge is 2.30. The predicted octanol–water partition coefficient (Wildman–Crippen LogP) is 5.51. The van der Waals surface area contributed by atoms with Crippen molar-refractivity contribution in [2.45, 2.75) is 36.6 Å². The minimum absolute atomic E-state index is 0.0564. The number of carbonyl (C=O) groups excluding carboxylic acids is 1. The van der Waals surface area contributed by atoms with Crippen LogP contribution in [0.2, 0.25) is 15.1 Å². The molecule has 0 radical (unpaired) electrons. The number of amides is 1. The van der Waals surface area contributed by atoms with Crippen molar-refractivity contribution in [1.29, 1.82) is 0 Å². The Bertz CT molecular complexity index is 1150. The summed E-state index contributed by atoms with van der Waals surface area (Å²) in [6.45, 7) is 0.603. The van der Waals surface area contributed by atoms with Gasteiger partial charge in [-0.1, -0.05) is 53.0 Å². The molecule has 0 saturated heterocycles. The molecule has 11 heteroatoms. The number of benzene rings is 2. The van der Waals surface area contributed by atoms with Gasteiger partial charge in [-0.2, -0.15) is 4.31 Å². The lowest BCUT2D eigenvalue weighted by Gasteiger charge is -2.37. The topological polar surface area (TPSA) is 79.0 Å². The van der Waals surface area contributed by atoms with Gasteiger partial charge in [0.15, 0.2) is 0 Å². The zero-order valence-corrected chi connectivity index (χ0v) is 25.1. The van der Waals surface area contributed by atoms with Crippen LogP contribution in [0.3, 0.4) is 0 Å². The third kappa shape index (κ3) is 8.31. The molecule has 1 aliphatic carbocycles. The monoisotopic (exact) mass is 603 g/mol. The van der Waals surface area contributed by atoms with E-state index in [0.717, 1.165) is 35.0 Å². The van der Waals surface area contributed by atoms with Crippen LogP contribution < -0.4 is 5.32 Å². The lowest BCUT2D eigenvalue weighted by Crippen LogP contribution is -2.36. The summed E-state index contributed by atoms with van der Waals surface area (Å²) >= 11 is 18.2. The van der Waals surface area contributed by atoms with E-state index in [2.05, 4.69) is 36.4 Å². The van der Waals surface area contributed by atoms with E-state index in [-0.39, 0.29) is 40.6 Å². The number of hydrogen-bond donors (Lipinski definition) is 1. The van der Waals surface area contributed by atoms with Gasteiger partial charge in [0.25, 0.3) is 0 Å². The van der Waals surface area contributed by atoms with E-state index in [1.165, 1.54) is 24.7 Å². The van der Waals surface area contributed by atoms with E-state index in [1.54, 1.807) is 6.07 Å². The average Bonchev–Trinajstić information content (AvgIpc) is 2.87. The Morgan fingerprint density at radius 1 is 1.00 bits per heavy atom. The van der Waals surface area contributed by atoms with E-state index in [9.17, 15) is 13.2 Å². The van der Waals surface area contributed by atoms with Crippen LogP contribution >= 0.6 is 34.8 Å². The van der Waals surface area contributed by atoms with Crippen LogP contribution in [0.4, 0.5) is 0 Å². The molecule has 2 aromatic rings. The Hall–Kier alpha value is -1.39. The molecule has 38 heavy (non-hydrogen) atoms. The number of carbonyl (C=O) groups is 1. The Labute approximate surface area is 241 Å². The molecule has 1 amide bonds. The highest BCUT2D eigenvalue weighted by atomic mass is 35.5. The molecule has 7 nitrogen and oxygen atoms in total. The molecule has 210 valence electrons. The molecular weight excluding hydrogens is 569 g/mol. The van der Waals surface area contributed by atoms with Crippen molar-refractivity contribution in [3.63, 3.8) is 0 Å². The Balaban J connectivity index is 1.37. The van der Waals surface area contributed by atoms with Crippen molar-refractivity contribution in [2.24, 2.45) is 11.8 Å². The van der Waals surface area contributed by atoms with Crippen LogP contribution in [-0.4, -0.2) is 71.0 Å². The molecule has 3 rings (SSSR count). The van der Waals surface area contributed by atoms with Gasteiger partial charge < -0.3 is 15.0 Å².